The summed E-state index contributed by atoms with van der Waals surface area (Å²) < 4.78 is 6.27. The topological polar surface area (TPSA) is 104 Å². The zero-order valence-corrected chi connectivity index (χ0v) is 17.3. The fourth-order valence-electron chi connectivity index (χ4n) is 2.21. The van der Waals surface area contributed by atoms with Crippen LogP contribution in [0.25, 0.3) is 0 Å². The van der Waals surface area contributed by atoms with E-state index in [0.717, 1.165) is 4.47 Å². The molecule has 2 amide bonds. The number of rotatable bonds is 5. The number of nitrogens with zero attached hydrogens (tertiary/aromatic N) is 1. The number of hydrogen-bond donors (Lipinski definition) is 3. The van der Waals surface area contributed by atoms with Gasteiger partial charge in [0, 0.05) is 21.3 Å². The van der Waals surface area contributed by atoms with Gasteiger partial charge in [0.1, 0.15) is 5.75 Å². The summed E-state index contributed by atoms with van der Waals surface area (Å²) in [6, 6.07) is 12.8. The molecule has 0 aliphatic rings. The first-order valence-corrected chi connectivity index (χ1v) is 9.49. The summed E-state index contributed by atoms with van der Waals surface area (Å²) in [6.07, 6.45) is 2.75. The van der Waals surface area contributed by atoms with Crippen LogP contribution in [0.5, 0.6) is 5.75 Å². The van der Waals surface area contributed by atoms with Gasteiger partial charge in [0.2, 0.25) is 0 Å². The van der Waals surface area contributed by atoms with Gasteiger partial charge in [-0.15, -0.1) is 0 Å². The fourth-order valence-corrected chi connectivity index (χ4v) is 3.47. The quantitative estimate of drug-likeness (QED) is 0.349. The number of hydrazone groups is 1. The van der Waals surface area contributed by atoms with E-state index in [0.29, 0.717) is 21.3 Å². The third-order valence-electron chi connectivity index (χ3n) is 3.58. The number of furan rings is 1. The minimum atomic E-state index is -0.436. The molecule has 0 unspecified atom stereocenters. The SMILES string of the molecule is O=C(N/N=C\c1cc(Br)cc(Br)c1O)c1ccc(NC(=O)c2ccco2)cc1. The Hall–Kier alpha value is -2.91. The van der Waals surface area contributed by atoms with Gasteiger partial charge in [-0.2, -0.15) is 5.10 Å². The highest BCUT2D eigenvalue weighted by atomic mass is 79.9. The molecular weight excluding hydrogens is 494 g/mol. The predicted molar refractivity (Wildman–Crippen MR) is 112 cm³/mol. The minimum absolute atomic E-state index is 0.0119. The second-order valence-corrected chi connectivity index (χ2v) is 7.30. The molecule has 1 heterocycles. The number of nitrogens with one attached hydrogen (secondary N) is 2. The highest BCUT2D eigenvalue weighted by molar-refractivity contribution is 9.11. The van der Waals surface area contributed by atoms with Crippen molar-refractivity contribution >= 4 is 55.6 Å². The molecule has 28 heavy (non-hydrogen) atoms. The van der Waals surface area contributed by atoms with Crippen molar-refractivity contribution in [3.8, 4) is 5.75 Å². The summed E-state index contributed by atoms with van der Waals surface area (Å²) in [5.74, 6) is -0.614. The van der Waals surface area contributed by atoms with Gasteiger partial charge in [0.15, 0.2) is 5.76 Å². The Morgan fingerprint density at radius 2 is 1.82 bits per heavy atom. The van der Waals surface area contributed by atoms with Gasteiger partial charge < -0.3 is 14.8 Å². The summed E-state index contributed by atoms with van der Waals surface area (Å²) in [4.78, 5) is 24.1. The van der Waals surface area contributed by atoms with E-state index < -0.39 is 5.91 Å². The maximum absolute atomic E-state index is 12.2. The molecule has 3 rings (SSSR count). The van der Waals surface area contributed by atoms with E-state index in [2.05, 4.69) is 47.7 Å². The van der Waals surface area contributed by atoms with Gasteiger partial charge in [-0.05, 0) is 64.5 Å². The Kier molecular flexibility index (Phi) is 6.27. The lowest BCUT2D eigenvalue weighted by Crippen LogP contribution is -2.17. The van der Waals surface area contributed by atoms with Crippen LogP contribution in [0.1, 0.15) is 26.5 Å². The van der Waals surface area contributed by atoms with Crippen molar-refractivity contribution < 1.29 is 19.1 Å². The summed E-state index contributed by atoms with van der Waals surface area (Å²) in [6.45, 7) is 0. The largest absolute Gasteiger partial charge is 0.506 e. The number of amides is 2. The van der Waals surface area contributed by atoms with E-state index in [4.69, 9.17) is 4.42 Å². The van der Waals surface area contributed by atoms with Crippen LogP contribution in [-0.4, -0.2) is 23.1 Å². The van der Waals surface area contributed by atoms with Crippen LogP contribution < -0.4 is 10.7 Å². The molecule has 3 aromatic rings. The number of anilines is 1. The molecule has 9 heteroatoms. The van der Waals surface area contributed by atoms with Crippen LogP contribution in [0.15, 0.2) is 73.3 Å². The zero-order valence-electron chi connectivity index (χ0n) is 14.1. The van der Waals surface area contributed by atoms with Crippen molar-refractivity contribution in [2.75, 3.05) is 5.32 Å². The zero-order chi connectivity index (χ0) is 20.1. The lowest BCUT2D eigenvalue weighted by atomic mass is 10.2. The van der Waals surface area contributed by atoms with Crippen molar-refractivity contribution in [1.29, 1.82) is 0 Å². The van der Waals surface area contributed by atoms with Crippen LogP contribution >= 0.6 is 31.9 Å². The molecule has 0 bridgehead atoms. The normalized spacial score (nSPS) is 10.8. The first-order valence-electron chi connectivity index (χ1n) is 7.90. The number of carbonyl (C=O) groups excluding carboxylic acids is 2. The third kappa shape index (κ3) is 4.87. The van der Waals surface area contributed by atoms with Crippen molar-refractivity contribution in [3.63, 3.8) is 0 Å². The van der Waals surface area contributed by atoms with Crippen LogP contribution in [-0.2, 0) is 0 Å². The van der Waals surface area contributed by atoms with Crippen LogP contribution in [0.3, 0.4) is 0 Å². The molecule has 3 N–H and O–H groups in total. The Balaban J connectivity index is 1.61. The molecule has 0 spiro atoms. The average molecular weight is 507 g/mol. The van der Waals surface area contributed by atoms with Gasteiger partial charge >= 0.3 is 0 Å². The van der Waals surface area contributed by atoms with E-state index in [-0.39, 0.29) is 17.4 Å². The van der Waals surface area contributed by atoms with Gasteiger partial charge in [0.25, 0.3) is 11.8 Å². The third-order valence-corrected chi connectivity index (χ3v) is 4.64. The minimum Gasteiger partial charge on any atom is -0.506 e. The molecule has 0 aliphatic heterocycles. The Bertz CT molecular complexity index is 1030. The van der Waals surface area contributed by atoms with Crippen LogP contribution in [0.2, 0.25) is 0 Å². The molecule has 2 aromatic carbocycles. The second kappa shape index (κ2) is 8.85. The van der Waals surface area contributed by atoms with E-state index >= 15 is 0 Å². The molecule has 0 saturated carbocycles. The smallest absolute Gasteiger partial charge is 0.291 e. The van der Waals surface area contributed by atoms with Gasteiger partial charge in [-0.3, -0.25) is 9.59 Å². The summed E-state index contributed by atoms with van der Waals surface area (Å²) in [7, 11) is 0. The maximum Gasteiger partial charge on any atom is 0.291 e. The number of hydrogen-bond acceptors (Lipinski definition) is 5. The van der Waals surface area contributed by atoms with Crippen molar-refractivity contribution in [2.24, 2.45) is 5.10 Å². The Labute approximate surface area is 176 Å². The summed E-state index contributed by atoms with van der Waals surface area (Å²) >= 11 is 6.54. The van der Waals surface area contributed by atoms with Crippen LogP contribution in [0, 0.1) is 0 Å². The van der Waals surface area contributed by atoms with E-state index in [1.165, 1.54) is 12.5 Å². The molecule has 0 fully saturated rings. The van der Waals surface area contributed by atoms with E-state index in [1.807, 2.05) is 0 Å². The molecular formula is C19H13Br2N3O4. The lowest BCUT2D eigenvalue weighted by molar-refractivity contribution is 0.0954. The predicted octanol–water partition coefficient (Wildman–Crippen LogP) is 4.53. The van der Waals surface area contributed by atoms with Crippen LogP contribution in [0.4, 0.5) is 5.69 Å². The molecule has 7 nitrogen and oxygen atoms in total. The van der Waals surface area contributed by atoms with Gasteiger partial charge in [-0.25, -0.2) is 5.43 Å². The number of phenols is 1. The molecule has 0 saturated heterocycles. The highest BCUT2D eigenvalue weighted by Gasteiger charge is 2.10. The number of halogens is 2. The number of phenolic OH excluding ortho intramolecular Hbond substituents is 1. The van der Waals surface area contributed by atoms with Crippen molar-refractivity contribution in [1.82, 2.24) is 5.43 Å². The number of benzene rings is 2. The lowest BCUT2D eigenvalue weighted by Gasteiger charge is -2.05. The fraction of sp³-hybridized carbons (Fsp3) is 0. The maximum atomic E-state index is 12.2. The Morgan fingerprint density at radius 3 is 2.50 bits per heavy atom. The average Bonchev–Trinajstić information content (AvgIpc) is 3.21. The Morgan fingerprint density at radius 1 is 1.07 bits per heavy atom. The first kappa shape index (κ1) is 19.8. The summed E-state index contributed by atoms with van der Waals surface area (Å²) in [5.41, 5.74) is 3.68. The van der Waals surface area contributed by atoms with Gasteiger partial charge in [0.05, 0.1) is 17.0 Å². The first-order chi connectivity index (χ1) is 13.4. The molecule has 0 radical (unpaired) electrons. The highest BCUT2D eigenvalue weighted by Crippen LogP contribution is 2.30. The van der Waals surface area contributed by atoms with Crippen molar-refractivity contribution in [2.45, 2.75) is 0 Å². The summed E-state index contributed by atoms with van der Waals surface area (Å²) in [5, 5.41) is 16.5. The standard InChI is InChI=1S/C19H13Br2N3O4/c20-13-8-12(17(25)15(21)9-13)10-22-24-18(26)11-3-5-14(6-4-11)23-19(27)16-2-1-7-28-16/h1-10,25H,(H,23,27)(H,24,26)/b22-10-. The number of aromatic hydroxyl groups is 1. The molecule has 0 atom stereocenters. The molecule has 142 valence electrons. The molecule has 0 aliphatic carbocycles. The monoisotopic (exact) mass is 505 g/mol. The second-order valence-electron chi connectivity index (χ2n) is 5.53. The number of carbonyl (C=O) groups is 2. The van der Waals surface area contributed by atoms with E-state index in [1.54, 1.807) is 48.5 Å². The van der Waals surface area contributed by atoms with Crippen molar-refractivity contribution in [3.05, 3.63) is 80.6 Å². The van der Waals surface area contributed by atoms with Gasteiger partial charge in [-0.1, -0.05) is 15.9 Å². The van der Waals surface area contributed by atoms with E-state index in [9.17, 15) is 14.7 Å². The molecule has 1 aromatic heterocycles.